The summed E-state index contributed by atoms with van der Waals surface area (Å²) in [5.41, 5.74) is 0.265. The van der Waals surface area contributed by atoms with E-state index in [9.17, 15) is 9.59 Å². The van der Waals surface area contributed by atoms with Crippen LogP contribution in [-0.4, -0.2) is 58.9 Å². The van der Waals surface area contributed by atoms with Crippen molar-refractivity contribution in [2.75, 3.05) is 26.2 Å². The fourth-order valence-electron chi connectivity index (χ4n) is 7.72. The highest BCUT2D eigenvalue weighted by molar-refractivity contribution is 6.30. The summed E-state index contributed by atoms with van der Waals surface area (Å²) < 4.78 is 15.1. The zero-order valence-corrected chi connectivity index (χ0v) is 25.6. The van der Waals surface area contributed by atoms with E-state index >= 15 is 4.39 Å². The number of nitrogens with zero attached hydrogens (tertiary/aromatic N) is 2. The third-order valence-electron chi connectivity index (χ3n) is 9.67. The summed E-state index contributed by atoms with van der Waals surface area (Å²) in [6.07, 6.45) is 8.13. The summed E-state index contributed by atoms with van der Waals surface area (Å²) in [5, 5.41) is 3.55. The molecule has 0 spiro atoms. The minimum atomic E-state index is -0.319. The molecule has 2 amide bonds. The molecule has 0 radical (unpaired) electrons. The van der Waals surface area contributed by atoms with Crippen molar-refractivity contribution < 1.29 is 14.0 Å². The number of rotatable bonds is 7. The number of nitrogens with one attached hydrogen (secondary N) is 1. The number of hydrogen-bond donors (Lipinski definition) is 1. The average molecular weight is 562 g/mol. The smallest absolute Gasteiger partial charge is 0.227 e. The second-order valence-corrected chi connectivity index (χ2v) is 14.5. The van der Waals surface area contributed by atoms with Crippen LogP contribution < -0.4 is 5.32 Å². The minimum absolute atomic E-state index is 0.0260. The maximum absolute atomic E-state index is 15.1. The Kier molecular flexibility index (Phi) is 9.37. The minimum Gasteiger partial charge on any atom is -0.351 e. The molecule has 5 nitrogen and oxygen atoms in total. The molecular formula is C32H49ClFN3O2. The van der Waals surface area contributed by atoms with E-state index in [0.29, 0.717) is 41.4 Å². The maximum atomic E-state index is 15.1. The summed E-state index contributed by atoms with van der Waals surface area (Å²) >= 11 is 6.05. The largest absolute Gasteiger partial charge is 0.351 e. The molecule has 0 bridgehead atoms. The van der Waals surface area contributed by atoms with Gasteiger partial charge in [-0.25, -0.2) is 4.39 Å². The number of carbonyl (C=O) groups is 2. The Morgan fingerprint density at radius 2 is 1.64 bits per heavy atom. The Labute approximate surface area is 240 Å². The van der Waals surface area contributed by atoms with Gasteiger partial charge in [-0.05, 0) is 89.3 Å². The van der Waals surface area contributed by atoms with Crippen molar-refractivity contribution in [3.05, 3.63) is 34.6 Å². The van der Waals surface area contributed by atoms with Gasteiger partial charge in [0.2, 0.25) is 11.8 Å². The van der Waals surface area contributed by atoms with Crippen LogP contribution in [0.4, 0.5) is 4.39 Å². The van der Waals surface area contributed by atoms with E-state index in [2.05, 4.69) is 49.7 Å². The molecule has 1 unspecified atom stereocenters. The lowest BCUT2D eigenvalue weighted by molar-refractivity contribution is -0.137. The van der Waals surface area contributed by atoms with Gasteiger partial charge in [-0.1, -0.05) is 43.4 Å². The molecule has 4 rings (SSSR count). The van der Waals surface area contributed by atoms with Crippen molar-refractivity contribution in [2.24, 2.45) is 23.7 Å². The van der Waals surface area contributed by atoms with E-state index in [1.807, 2.05) is 0 Å². The fraction of sp³-hybridized carbons (Fsp3) is 0.750. The summed E-state index contributed by atoms with van der Waals surface area (Å²) in [5.74, 6) is 1.25. The van der Waals surface area contributed by atoms with Crippen LogP contribution in [0.25, 0.3) is 0 Å². The highest BCUT2D eigenvalue weighted by Crippen LogP contribution is 2.44. The van der Waals surface area contributed by atoms with Crippen molar-refractivity contribution in [2.45, 2.75) is 103 Å². The maximum Gasteiger partial charge on any atom is 0.227 e. The first kappa shape index (κ1) is 30.3. The Balaban J connectivity index is 1.47. The standard InChI is InChI=1S/C32H49ClFN3O2/c1-21(38)35-32(5,6)18-26(22-9-7-8-10-22)23-13-15-36(16-14-23)30(39)28-20-37(31(2,3)4)19-27(28)25-12-11-24(33)17-29(25)34/h11-12,17,22-23,26-28H,7-10,13-16,18-20H2,1-6H3,(H,35,38)/t26?,27-,28+/m0/s1. The van der Waals surface area contributed by atoms with Crippen molar-refractivity contribution >= 4 is 23.4 Å². The normalized spacial score (nSPS) is 24.8. The predicted molar refractivity (Wildman–Crippen MR) is 156 cm³/mol. The van der Waals surface area contributed by atoms with Crippen LogP contribution >= 0.6 is 11.6 Å². The number of benzene rings is 1. The van der Waals surface area contributed by atoms with Gasteiger partial charge in [0.25, 0.3) is 0 Å². The van der Waals surface area contributed by atoms with Crippen molar-refractivity contribution in [1.29, 1.82) is 0 Å². The van der Waals surface area contributed by atoms with E-state index in [4.69, 9.17) is 11.6 Å². The van der Waals surface area contributed by atoms with Crippen LogP contribution in [0.5, 0.6) is 0 Å². The van der Waals surface area contributed by atoms with Gasteiger partial charge in [-0.2, -0.15) is 0 Å². The summed E-state index contributed by atoms with van der Waals surface area (Å²) in [7, 11) is 0. The lowest BCUT2D eigenvalue weighted by Gasteiger charge is -2.42. The van der Waals surface area contributed by atoms with Crippen LogP contribution in [0.3, 0.4) is 0 Å². The van der Waals surface area contributed by atoms with Crippen molar-refractivity contribution in [3.63, 3.8) is 0 Å². The number of hydrogen-bond acceptors (Lipinski definition) is 3. The molecule has 1 saturated carbocycles. The van der Waals surface area contributed by atoms with Gasteiger partial charge < -0.3 is 10.2 Å². The molecule has 0 aromatic heterocycles. The first-order chi connectivity index (χ1) is 18.2. The molecule has 3 aliphatic rings. The Hall–Kier alpha value is -1.66. The lowest BCUT2D eigenvalue weighted by Crippen LogP contribution is -2.48. The van der Waals surface area contributed by atoms with Crippen LogP contribution in [0.15, 0.2) is 18.2 Å². The van der Waals surface area contributed by atoms with Crippen LogP contribution in [-0.2, 0) is 9.59 Å². The number of halogens is 2. The average Bonchev–Trinajstić information content (AvgIpc) is 3.52. The predicted octanol–water partition coefficient (Wildman–Crippen LogP) is 6.64. The Morgan fingerprint density at radius 3 is 2.21 bits per heavy atom. The quantitative estimate of drug-likeness (QED) is 0.406. The molecule has 1 aromatic rings. The molecule has 1 aliphatic carbocycles. The van der Waals surface area contributed by atoms with E-state index in [1.165, 1.54) is 31.7 Å². The molecule has 39 heavy (non-hydrogen) atoms. The first-order valence-corrected chi connectivity index (χ1v) is 15.4. The zero-order valence-electron chi connectivity index (χ0n) is 24.9. The third-order valence-corrected chi connectivity index (χ3v) is 9.91. The van der Waals surface area contributed by atoms with Crippen molar-refractivity contribution in [1.82, 2.24) is 15.1 Å². The van der Waals surface area contributed by atoms with Gasteiger partial charge in [0.15, 0.2) is 0 Å². The molecule has 2 saturated heterocycles. The molecule has 1 N–H and O–H groups in total. The van der Waals surface area contributed by atoms with Crippen LogP contribution in [0.2, 0.25) is 5.02 Å². The fourth-order valence-corrected chi connectivity index (χ4v) is 7.88. The molecule has 3 fully saturated rings. The number of amides is 2. The highest BCUT2D eigenvalue weighted by Gasteiger charge is 2.45. The molecular weight excluding hydrogens is 513 g/mol. The van der Waals surface area contributed by atoms with E-state index in [0.717, 1.165) is 32.4 Å². The van der Waals surface area contributed by atoms with E-state index in [1.54, 1.807) is 19.1 Å². The molecule has 2 aliphatic heterocycles. The van der Waals surface area contributed by atoms with Crippen LogP contribution in [0.1, 0.15) is 98.0 Å². The molecule has 218 valence electrons. The third kappa shape index (κ3) is 7.35. The zero-order chi connectivity index (χ0) is 28.5. The lowest BCUT2D eigenvalue weighted by atomic mass is 9.70. The van der Waals surface area contributed by atoms with Crippen molar-refractivity contribution in [3.8, 4) is 0 Å². The second-order valence-electron chi connectivity index (χ2n) is 14.1. The number of piperidine rings is 1. The van der Waals surface area contributed by atoms with Gasteiger partial charge in [0, 0.05) is 55.1 Å². The van der Waals surface area contributed by atoms with Gasteiger partial charge in [0.05, 0.1) is 5.92 Å². The summed E-state index contributed by atoms with van der Waals surface area (Å²) in [6, 6.07) is 4.87. The second kappa shape index (κ2) is 12.1. The number of carbonyl (C=O) groups excluding carboxylic acids is 2. The van der Waals surface area contributed by atoms with Gasteiger partial charge in [-0.3, -0.25) is 14.5 Å². The molecule has 7 heteroatoms. The molecule has 2 heterocycles. The summed E-state index contributed by atoms with van der Waals surface area (Å²) in [6.45, 7) is 15.2. The van der Waals surface area contributed by atoms with Crippen LogP contribution in [0, 0.1) is 29.5 Å². The summed E-state index contributed by atoms with van der Waals surface area (Å²) in [4.78, 5) is 30.2. The Morgan fingerprint density at radius 1 is 1.03 bits per heavy atom. The Bertz CT molecular complexity index is 1020. The van der Waals surface area contributed by atoms with Gasteiger partial charge in [-0.15, -0.1) is 0 Å². The SMILES string of the molecule is CC(=O)NC(C)(C)CC(C1CCCC1)C1CCN(C(=O)[C@@H]2CN(C(C)(C)C)C[C@H]2c2ccc(Cl)cc2F)CC1. The monoisotopic (exact) mass is 561 g/mol. The topological polar surface area (TPSA) is 52.7 Å². The molecule has 1 aromatic carbocycles. The van der Waals surface area contributed by atoms with E-state index in [-0.39, 0.29) is 40.5 Å². The van der Waals surface area contributed by atoms with Gasteiger partial charge in [0.1, 0.15) is 5.82 Å². The molecule has 3 atom stereocenters. The highest BCUT2D eigenvalue weighted by atomic mass is 35.5. The first-order valence-electron chi connectivity index (χ1n) is 15.0. The van der Waals surface area contributed by atoms with Gasteiger partial charge >= 0.3 is 0 Å². The van der Waals surface area contributed by atoms with E-state index < -0.39 is 0 Å². The number of likely N-dealkylation sites (tertiary alicyclic amines) is 2.